The molecule has 0 unspecified atom stereocenters. The summed E-state index contributed by atoms with van der Waals surface area (Å²) in [6, 6.07) is 10.9. The first-order valence-electron chi connectivity index (χ1n) is 6.44. The molecule has 1 heterocycles. The van der Waals surface area contributed by atoms with Gasteiger partial charge in [-0.25, -0.2) is 0 Å². The van der Waals surface area contributed by atoms with Crippen LogP contribution in [0.2, 0.25) is 0 Å². The minimum atomic E-state index is -0.168. The third-order valence-corrected chi connectivity index (χ3v) is 2.95. The van der Waals surface area contributed by atoms with Gasteiger partial charge < -0.3 is 10.6 Å². The van der Waals surface area contributed by atoms with E-state index in [4.69, 9.17) is 5.26 Å². The van der Waals surface area contributed by atoms with Crippen molar-refractivity contribution in [3.05, 3.63) is 47.2 Å². The van der Waals surface area contributed by atoms with Gasteiger partial charge in [-0.15, -0.1) is 10.2 Å². The molecule has 21 heavy (non-hydrogen) atoms. The first-order valence-corrected chi connectivity index (χ1v) is 6.44. The summed E-state index contributed by atoms with van der Waals surface area (Å²) in [5, 5.41) is 21.8. The molecule has 2 N–H and O–H groups in total. The molecular weight excluding hydrogens is 266 g/mol. The van der Waals surface area contributed by atoms with Gasteiger partial charge in [0.2, 0.25) is 5.91 Å². The number of carbonyl (C=O) groups excluding carboxylic acids is 1. The third kappa shape index (κ3) is 3.76. The molecule has 2 aromatic rings. The van der Waals surface area contributed by atoms with Crippen LogP contribution in [-0.2, 0) is 4.79 Å². The highest BCUT2D eigenvalue weighted by Crippen LogP contribution is 2.19. The summed E-state index contributed by atoms with van der Waals surface area (Å²) in [7, 11) is 0. The van der Waals surface area contributed by atoms with Gasteiger partial charge in [0.05, 0.1) is 6.54 Å². The van der Waals surface area contributed by atoms with E-state index in [1.54, 1.807) is 12.1 Å². The van der Waals surface area contributed by atoms with Crippen LogP contribution in [-0.4, -0.2) is 22.6 Å². The lowest BCUT2D eigenvalue weighted by Gasteiger charge is -2.11. The zero-order chi connectivity index (χ0) is 15.2. The number of aromatic nitrogens is 2. The second-order valence-corrected chi connectivity index (χ2v) is 4.58. The highest BCUT2D eigenvalue weighted by atomic mass is 16.1. The maximum Gasteiger partial charge on any atom is 0.243 e. The maximum absolute atomic E-state index is 11.9. The largest absolute Gasteiger partial charge is 0.360 e. The Morgan fingerprint density at radius 2 is 1.90 bits per heavy atom. The summed E-state index contributed by atoms with van der Waals surface area (Å²) in [5.74, 6) is 0.282. The van der Waals surface area contributed by atoms with Crippen molar-refractivity contribution in [1.82, 2.24) is 10.2 Å². The molecule has 1 aromatic carbocycles. The first-order chi connectivity index (χ1) is 10.1. The number of para-hydroxylation sites is 1. The summed E-state index contributed by atoms with van der Waals surface area (Å²) in [4.78, 5) is 11.9. The molecular formula is C15H15N5O. The monoisotopic (exact) mass is 281 g/mol. The second-order valence-electron chi connectivity index (χ2n) is 4.58. The lowest BCUT2D eigenvalue weighted by atomic mass is 10.1. The number of hydrogen-bond acceptors (Lipinski definition) is 5. The van der Waals surface area contributed by atoms with Crippen LogP contribution in [0.1, 0.15) is 16.8 Å². The molecule has 1 amide bonds. The third-order valence-electron chi connectivity index (χ3n) is 2.95. The van der Waals surface area contributed by atoms with E-state index in [9.17, 15) is 4.79 Å². The molecule has 0 aliphatic heterocycles. The number of amides is 1. The van der Waals surface area contributed by atoms with Crippen LogP contribution in [0, 0.1) is 25.2 Å². The fourth-order valence-corrected chi connectivity index (χ4v) is 1.85. The predicted octanol–water partition coefficient (Wildman–Crippen LogP) is 2.02. The Labute approximate surface area is 122 Å². The summed E-state index contributed by atoms with van der Waals surface area (Å²) in [6.07, 6.45) is 0. The van der Waals surface area contributed by atoms with E-state index >= 15 is 0 Å². The van der Waals surface area contributed by atoms with E-state index in [1.807, 2.05) is 38.1 Å². The van der Waals surface area contributed by atoms with Gasteiger partial charge in [-0.3, -0.25) is 4.79 Å². The zero-order valence-electron chi connectivity index (χ0n) is 11.8. The smallest absolute Gasteiger partial charge is 0.243 e. The number of rotatable bonds is 4. The first kappa shape index (κ1) is 14.5. The Hall–Kier alpha value is -2.94. The molecule has 0 fully saturated rings. The van der Waals surface area contributed by atoms with Crippen molar-refractivity contribution in [3.8, 4) is 6.07 Å². The van der Waals surface area contributed by atoms with Crippen LogP contribution in [0.3, 0.4) is 0 Å². The van der Waals surface area contributed by atoms with Crippen LogP contribution >= 0.6 is 0 Å². The Bertz CT molecular complexity index is 668. The van der Waals surface area contributed by atoms with Gasteiger partial charge in [-0.05, 0) is 37.1 Å². The van der Waals surface area contributed by atoms with Gasteiger partial charge in [0.15, 0.2) is 5.69 Å². The Balaban J connectivity index is 1.94. The number of anilines is 2. The van der Waals surface area contributed by atoms with Gasteiger partial charge in [0.25, 0.3) is 0 Å². The van der Waals surface area contributed by atoms with Crippen LogP contribution in [0.5, 0.6) is 0 Å². The van der Waals surface area contributed by atoms with Crippen molar-refractivity contribution in [2.75, 3.05) is 17.2 Å². The molecule has 0 radical (unpaired) electrons. The maximum atomic E-state index is 11.9. The molecule has 0 bridgehead atoms. The fourth-order valence-electron chi connectivity index (χ4n) is 1.85. The molecule has 0 aliphatic rings. The van der Waals surface area contributed by atoms with E-state index < -0.39 is 0 Å². The molecule has 0 atom stereocenters. The number of hydrogen-bond donors (Lipinski definition) is 2. The number of nitriles is 1. The average molecular weight is 281 g/mol. The zero-order valence-corrected chi connectivity index (χ0v) is 11.8. The molecule has 1 aromatic heterocycles. The van der Waals surface area contributed by atoms with Crippen molar-refractivity contribution in [1.29, 1.82) is 5.26 Å². The van der Waals surface area contributed by atoms with Crippen LogP contribution in [0.4, 0.5) is 11.5 Å². The van der Waals surface area contributed by atoms with Gasteiger partial charge >= 0.3 is 0 Å². The fraction of sp³-hybridized carbons (Fsp3) is 0.200. The quantitative estimate of drug-likeness (QED) is 0.894. The summed E-state index contributed by atoms with van der Waals surface area (Å²) < 4.78 is 0. The Morgan fingerprint density at radius 1 is 1.19 bits per heavy atom. The minimum Gasteiger partial charge on any atom is -0.360 e. The molecule has 2 rings (SSSR count). The van der Waals surface area contributed by atoms with E-state index in [0.29, 0.717) is 5.82 Å². The SMILES string of the molecule is Cc1cccc(C)c1NC(=O)CNc1ccc(C#N)nn1. The van der Waals surface area contributed by atoms with Crippen molar-refractivity contribution in [3.63, 3.8) is 0 Å². The number of aryl methyl sites for hydroxylation is 2. The molecule has 106 valence electrons. The average Bonchev–Trinajstić information content (AvgIpc) is 2.49. The normalized spacial score (nSPS) is 9.76. The molecule has 0 saturated heterocycles. The van der Waals surface area contributed by atoms with Crippen molar-refractivity contribution in [2.45, 2.75) is 13.8 Å². The number of nitrogens with zero attached hydrogens (tertiary/aromatic N) is 3. The summed E-state index contributed by atoms with van der Waals surface area (Å²) >= 11 is 0. The topological polar surface area (TPSA) is 90.7 Å². The molecule has 6 nitrogen and oxygen atoms in total. The van der Waals surface area contributed by atoms with Crippen molar-refractivity contribution in [2.24, 2.45) is 0 Å². The van der Waals surface area contributed by atoms with Gasteiger partial charge in [0.1, 0.15) is 11.9 Å². The number of benzene rings is 1. The summed E-state index contributed by atoms with van der Waals surface area (Å²) in [6.45, 7) is 3.97. The number of nitrogens with one attached hydrogen (secondary N) is 2. The van der Waals surface area contributed by atoms with Gasteiger partial charge in [-0.2, -0.15) is 5.26 Å². The van der Waals surface area contributed by atoms with E-state index in [1.165, 1.54) is 0 Å². The van der Waals surface area contributed by atoms with Crippen molar-refractivity contribution < 1.29 is 4.79 Å². The van der Waals surface area contributed by atoms with Gasteiger partial charge in [0, 0.05) is 5.69 Å². The van der Waals surface area contributed by atoms with E-state index in [-0.39, 0.29) is 18.1 Å². The highest BCUT2D eigenvalue weighted by molar-refractivity contribution is 5.95. The lowest BCUT2D eigenvalue weighted by molar-refractivity contribution is -0.114. The van der Waals surface area contributed by atoms with Crippen LogP contribution in [0.25, 0.3) is 0 Å². The highest BCUT2D eigenvalue weighted by Gasteiger charge is 2.07. The molecule has 6 heteroatoms. The summed E-state index contributed by atoms with van der Waals surface area (Å²) in [5.41, 5.74) is 3.10. The molecule has 0 spiro atoms. The lowest BCUT2D eigenvalue weighted by Crippen LogP contribution is -2.23. The number of carbonyl (C=O) groups is 1. The van der Waals surface area contributed by atoms with Gasteiger partial charge in [-0.1, -0.05) is 18.2 Å². The molecule has 0 aliphatic carbocycles. The Kier molecular flexibility index (Phi) is 4.46. The molecule has 0 saturated carbocycles. The van der Waals surface area contributed by atoms with E-state index in [0.717, 1.165) is 16.8 Å². The van der Waals surface area contributed by atoms with E-state index in [2.05, 4.69) is 20.8 Å². The van der Waals surface area contributed by atoms with Crippen LogP contribution < -0.4 is 10.6 Å². The second kappa shape index (κ2) is 6.48. The standard InChI is InChI=1S/C15H15N5O/c1-10-4-3-5-11(2)15(10)18-14(21)9-17-13-7-6-12(8-16)19-20-13/h3-7H,9H2,1-2H3,(H,17,20)(H,18,21). The minimum absolute atomic E-state index is 0.0777. The van der Waals surface area contributed by atoms with Crippen LogP contribution in [0.15, 0.2) is 30.3 Å². The Morgan fingerprint density at radius 3 is 2.48 bits per heavy atom. The predicted molar refractivity (Wildman–Crippen MR) is 79.8 cm³/mol. The van der Waals surface area contributed by atoms with Crippen molar-refractivity contribution >= 4 is 17.4 Å².